The first-order valence-corrected chi connectivity index (χ1v) is 11.4. The van der Waals surface area contributed by atoms with Crippen molar-refractivity contribution in [2.45, 2.75) is 96.1 Å². The lowest BCUT2D eigenvalue weighted by Gasteiger charge is -2.63. The lowest BCUT2D eigenvalue weighted by Crippen LogP contribution is -2.64. The molecule has 0 bridgehead atoms. The molecular formula is C23H38O6. The van der Waals surface area contributed by atoms with E-state index < -0.39 is 29.2 Å². The molecule has 0 aliphatic heterocycles. The molecule has 4 N–H and O–H groups in total. The van der Waals surface area contributed by atoms with Gasteiger partial charge in [-0.05, 0) is 80.5 Å². The van der Waals surface area contributed by atoms with Crippen LogP contribution in [0.1, 0.15) is 72.1 Å². The van der Waals surface area contributed by atoms with E-state index >= 15 is 0 Å². The van der Waals surface area contributed by atoms with Gasteiger partial charge in [-0.1, -0.05) is 13.8 Å². The van der Waals surface area contributed by atoms with E-state index in [1.54, 1.807) is 0 Å². The van der Waals surface area contributed by atoms with Crippen LogP contribution in [0.3, 0.4) is 0 Å². The average Bonchev–Trinajstić information content (AvgIpc) is 2.91. The number of ether oxygens (including phenoxy) is 1. The second kappa shape index (κ2) is 7.18. The van der Waals surface area contributed by atoms with Crippen molar-refractivity contribution in [2.24, 2.45) is 34.5 Å². The van der Waals surface area contributed by atoms with Crippen molar-refractivity contribution in [3.8, 4) is 0 Å². The quantitative estimate of drug-likeness (QED) is 0.530. The fourth-order valence-electron chi connectivity index (χ4n) is 8.28. The Balaban J connectivity index is 1.61. The molecule has 10 atom stereocenters. The molecule has 29 heavy (non-hydrogen) atoms. The minimum absolute atomic E-state index is 0.0277. The van der Waals surface area contributed by atoms with E-state index in [-0.39, 0.29) is 30.0 Å². The summed E-state index contributed by atoms with van der Waals surface area (Å²) in [6.07, 6.45) is 4.48. The van der Waals surface area contributed by atoms with E-state index in [0.717, 1.165) is 38.5 Å². The monoisotopic (exact) mass is 410 g/mol. The summed E-state index contributed by atoms with van der Waals surface area (Å²) in [5.41, 5.74) is -1.94. The molecule has 0 saturated heterocycles. The Bertz CT molecular complexity index is 653. The first kappa shape index (κ1) is 21.5. The van der Waals surface area contributed by atoms with Crippen LogP contribution in [0.5, 0.6) is 0 Å². The number of esters is 1. The summed E-state index contributed by atoms with van der Waals surface area (Å²) in [5, 5.41) is 43.9. The Labute approximate surface area is 173 Å². The van der Waals surface area contributed by atoms with Gasteiger partial charge in [-0.15, -0.1) is 0 Å². The molecule has 4 fully saturated rings. The minimum Gasteiger partial charge on any atom is -0.463 e. The van der Waals surface area contributed by atoms with Crippen LogP contribution in [-0.4, -0.2) is 56.9 Å². The van der Waals surface area contributed by atoms with Crippen molar-refractivity contribution in [1.82, 2.24) is 0 Å². The largest absolute Gasteiger partial charge is 0.463 e. The number of rotatable bonds is 3. The highest BCUT2D eigenvalue weighted by Crippen LogP contribution is 2.68. The van der Waals surface area contributed by atoms with E-state index in [2.05, 4.69) is 6.92 Å². The van der Waals surface area contributed by atoms with Crippen molar-refractivity contribution < 1.29 is 30.0 Å². The van der Waals surface area contributed by atoms with Crippen LogP contribution in [0.4, 0.5) is 0 Å². The Kier molecular flexibility index (Phi) is 5.33. The molecule has 0 heterocycles. The summed E-state index contributed by atoms with van der Waals surface area (Å²) in [4.78, 5) is 11.2. The smallest absolute Gasteiger partial charge is 0.302 e. The number of aliphatic hydroxyl groups excluding tert-OH is 3. The molecule has 0 spiro atoms. The highest BCUT2D eigenvalue weighted by molar-refractivity contribution is 5.65. The third-order valence-corrected chi connectivity index (χ3v) is 9.78. The van der Waals surface area contributed by atoms with Gasteiger partial charge in [0.05, 0.1) is 17.8 Å². The molecule has 0 aromatic rings. The Morgan fingerprint density at radius 2 is 1.86 bits per heavy atom. The van der Waals surface area contributed by atoms with Gasteiger partial charge < -0.3 is 25.2 Å². The lowest BCUT2D eigenvalue weighted by molar-refractivity contribution is -0.225. The fourth-order valence-corrected chi connectivity index (χ4v) is 8.28. The zero-order chi connectivity index (χ0) is 21.2. The maximum atomic E-state index is 11.6. The number of hydrogen-bond donors (Lipinski definition) is 4. The highest BCUT2D eigenvalue weighted by Gasteiger charge is 2.68. The van der Waals surface area contributed by atoms with Gasteiger partial charge in [0.1, 0.15) is 12.7 Å². The topological polar surface area (TPSA) is 107 Å². The number of fused-ring (bicyclic) bond motifs is 5. The molecule has 0 aromatic heterocycles. The van der Waals surface area contributed by atoms with Crippen LogP contribution in [-0.2, 0) is 9.53 Å². The van der Waals surface area contributed by atoms with Crippen LogP contribution < -0.4 is 0 Å². The van der Waals surface area contributed by atoms with E-state index in [1.165, 1.54) is 6.92 Å². The number of carbonyl (C=O) groups is 1. The second-order valence-electron chi connectivity index (χ2n) is 11.0. The van der Waals surface area contributed by atoms with E-state index in [4.69, 9.17) is 4.74 Å². The highest BCUT2D eigenvalue weighted by atomic mass is 16.5. The predicted octanol–water partition coefficient (Wildman–Crippen LogP) is 2.02. The predicted molar refractivity (Wildman–Crippen MR) is 107 cm³/mol. The van der Waals surface area contributed by atoms with E-state index in [0.29, 0.717) is 24.7 Å². The summed E-state index contributed by atoms with van der Waals surface area (Å²) in [5.74, 6) is 0.704. The van der Waals surface area contributed by atoms with Crippen molar-refractivity contribution in [3.05, 3.63) is 0 Å². The first-order chi connectivity index (χ1) is 13.5. The molecule has 4 aliphatic rings. The third kappa shape index (κ3) is 3.08. The van der Waals surface area contributed by atoms with Gasteiger partial charge in [0.15, 0.2) is 0 Å². The Morgan fingerprint density at radius 1 is 1.14 bits per heavy atom. The number of aliphatic hydroxyl groups is 4. The summed E-state index contributed by atoms with van der Waals surface area (Å²) in [7, 11) is 0. The van der Waals surface area contributed by atoms with Gasteiger partial charge in [-0.25, -0.2) is 0 Å². The molecule has 0 radical (unpaired) electrons. The number of carbonyl (C=O) groups excluding carboxylic acids is 1. The standard InChI is InChI=1S/C23H38O6/c1-13(24)29-12-19(27)23(28)9-7-17-16-5-4-14-10-15(25)6-8-21(14,2)20(16)18(26)11-22(17,23)3/h14-20,25-28H,4-12H2,1-3H3/t14-,15-,16-,17-,18+,19-,20+,21-,22-,23-/m0/s1. The molecule has 4 saturated carbocycles. The maximum absolute atomic E-state index is 11.6. The molecular weight excluding hydrogens is 372 g/mol. The normalized spacial score (nSPS) is 52.8. The van der Waals surface area contributed by atoms with Crippen molar-refractivity contribution in [1.29, 1.82) is 0 Å². The van der Waals surface area contributed by atoms with Crippen LogP contribution in [0, 0.1) is 34.5 Å². The van der Waals surface area contributed by atoms with Crippen molar-refractivity contribution >= 4 is 5.97 Å². The minimum atomic E-state index is -1.36. The van der Waals surface area contributed by atoms with Crippen LogP contribution >= 0.6 is 0 Å². The van der Waals surface area contributed by atoms with Crippen molar-refractivity contribution in [2.75, 3.05) is 6.61 Å². The van der Waals surface area contributed by atoms with Crippen LogP contribution in [0.2, 0.25) is 0 Å². The summed E-state index contributed by atoms with van der Waals surface area (Å²) in [6, 6.07) is 0. The molecule has 4 rings (SSSR count). The molecule has 0 unspecified atom stereocenters. The van der Waals surface area contributed by atoms with E-state index in [1.807, 2.05) is 6.92 Å². The molecule has 166 valence electrons. The molecule has 0 aromatic carbocycles. The Hall–Kier alpha value is -0.690. The van der Waals surface area contributed by atoms with Gasteiger partial charge in [-0.2, -0.15) is 0 Å². The van der Waals surface area contributed by atoms with Gasteiger partial charge in [0, 0.05) is 12.3 Å². The van der Waals surface area contributed by atoms with Gasteiger partial charge in [0.2, 0.25) is 0 Å². The summed E-state index contributed by atoms with van der Waals surface area (Å²) in [6.45, 7) is 5.41. The first-order valence-electron chi connectivity index (χ1n) is 11.4. The third-order valence-electron chi connectivity index (χ3n) is 9.78. The Morgan fingerprint density at radius 3 is 2.55 bits per heavy atom. The summed E-state index contributed by atoms with van der Waals surface area (Å²) < 4.78 is 5.00. The number of hydrogen-bond acceptors (Lipinski definition) is 6. The van der Waals surface area contributed by atoms with Gasteiger partial charge in [-0.3, -0.25) is 4.79 Å². The zero-order valence-corrected chi connectivity index (χ0v) is 18.0. The van der Waals surface area contributed by atoms with E-state index in [9.17, 15) is 25.2 Å². The van der Waals surface area contributed by atoms with Crippen molar-refractivity contribution in [3.63, 3.8) is 0 Å². The maximum Gasteiger partial charge on any atom is 0.302 e. The summed E-state index contributed by atoms with van der Waals surface area (Å²) >= 11 is 0. The lowest BCUT2D eigenvalue weighted by atomic mass is 9.43. The molecule has 4 aliphatic carbocycles. The zero-order valence-electron chi connectivity index (χ0n) is 18.0. The van der Waals surface area contributed by atoms with Gasteiger partial charge >= 0.3 is 5.97 Å². The fraction of sp³-hybridized carbons (Fsp3) is 0.957. The van der Waals surface area contributed by atoms with Gasteiger partial charge in [0.25, 0.3) is 0 Å². The molecule has 6 nitrogen and oxygen atoms in total. The second-order valence-corrected chi connectivity index (χ2v) is 11.0. The molecule has 0 amide bonds. The average molecular weight is 411 g/mol. The molecule has 6 heteroatoms. The van der Waals surface area contributed by atoms with Crippen LogP contribution in [0.25, 0.3) is 0 Å². The van der Waals surface area contributed by atoms with Crippen LogP contribution in [0.15, 0.2) is 0 Å². The SMILES string of the molecule is CC(=O)OC[C@H](O)[C@@]1(O)CC[C@H]2[C@@H]3CC[C@H]4C[C@@H](O)CC[C@]4(C)[C@H]3[C@H](O)C[C@@]21C.